The highest BCUT2D eigenvalue weighted by molar-refractivity contribution is 5.70. The second-order valence-corrected chi connectivity index (χ2v) is 6.01. The largest absolute Gasteiger partial charge is 0.447 e. The van der Waals surface area contributed by atoms with E-state index in [0.29, 0.717) is 18.9 Å². The van der Waals surface area contributed by atoms with Gasteiger partial charge in [0, 0.05) is 13.0 Å². The first-order valence-electron chi connectivity index (χ1n) is 8.04. The van der Waals surface area contributed by atoms with Crippen molar-refractivity contribution in [3.8, 4) is 0 Å². The van der Waals surface area contributed by atoms with Crippen LogP contribution in [0.15, 0.2) is 0 Å². The van der Waals surface area contributed by atoms with Crippen molar-refractivity contribution in [2.75, 3.05) is 13.2 Å². The van der Waals surface area contributed by atoms with Crippen molar-refractivity contribution in [3.63, 3.8) is 0 Å². The maximum atomic E-state index is 11.6. The maximum Gasteiger partial charge on any atom is 0.410 e. The minimum atomic E-state index is -0.141. The number of rotatable bonds is 11. The fourth-order valence-corrected chi connectivity index (χ4v) is 2.67. The van der Waals surface area contributed by atoms with Crippen LogP contribution in [0, 0.1) is 5.92 Å². The van der Waals surface area contributed by atoms with Gasteiger partial charge in [-0.15, -0.1) is 0 Å². The van der Waals surface area contributed by atoms with E-state index in [1.54, 1.807) is 0 Å². The summed E-state index contributed by atoms with van der Waals surface area (Å²) in [5.41, 5.74) is 0. The molecule has 4 nitrogen and oxygen atoms in total. The predicted octanol–water partition coefficient (Wildman–Crippen LogP) is 3.78. The quantitative estimate of drug-likeness (QED) is 0.428. The highest BCUT2D eigenvalue weighted by Gasteiger charge is 2.34. The van der Waals surface area contributed by atoms with Gasteiger partial charge in [-0.05, 0) is 18.8 Å². The van der Waals surface area contributed by atoms with Gasteiger partial charge in [-0.2, -0.15) is 0 Å². The number of carbonyl (C=O) groups is 2. The SMILES string of the molecule is CC(C)C1COC(=O)N1CCCCCCCCCC=O. The van der Waals surface area contributed by atoms with E-state index in [1.165, 1.54) is 25.7 Å². The Morgan fingerprint density at radius 3 is 2.35 bits per heavy atom. The average molecular weight is 283 g/mol. The third kappa shape index (κ3) is 5.93. The van der Waals surface area contributed by atoms with E-state index < -0.39 is 0 Å². The molecule has 20 heavy (non-hydrogen) atoms. The molecule has 1 heterocycles. The van der Waals surface area contributed by atoms with Crippen LogP contribution in [0.25, 0.3) is 0 Å². The molecule has 0 N–H and O–H groups in total. The first kappa shape index (κ1) is 17.0. The van der Waals surface area contributed by atoms with E-state index in [0.717, 1.165) is 32.1 Å². The van der Waals surface area contributed by atoms with Gasteiger partial charge in [0.05, 0.1) is 6.04 Å². The summed E-state index contributed by atoms with van der Waals surface area (Å²) in [7, 11) is 0. The number of amides is 1. The fraction of sp³-hybridized carbons (Fsp3) is 0.875. The zero-order valence-corrected chi connectivity index (χ0v) is 13.0. The molecule has 1 amide bonds. The Kier molecular flexibility index (Phi) is 8.31. The Morgan fingerprint density at radius 1 is 1.15 bits per heavy atom. The second kappa shape index (κ2) is 9.78. The average Bonchev–Trinajstić information content (AvgIpc) is 2.78. The van der Waals surface area contributed by atoms with Gasteiger partial charge in [0.2, 0.25) is 0 Å². The first-order valence-corrected chi connectivity index (χ1v) is 8.04. The third-order valence-electron chi connectivity index (χ3n) is 4.00. The summed E-state index contributed by atoms with van der Waals surface area (Å²) in [4.78, 5) is 23.7. The maximum absolute atomic E-state index is 11.6. The summed E-state index contributed by atoms with van der Waals surface area (Å²) < 4.78 is 5.13. The van der Waals surface area contributed by atoms with Crippen molar-refractivity contribution in [2.24, 2.45) is 5.92 Å². The summed E-state index contributed by atoms with van der Waals surface area (Å²) in [5, 5.41) is 0. The van der Waals surface area contributed by atoms with Gasteiger partial charge < -0.3 is 14.4 Å². The van der Waals surface area contributed by atoms with Gasteiger partial charge in [0.1, 0.15) is 12.9 Å². The van der Waals surface area contributed by atoms with Crippen molar-refractivity contribution in [1.82, 2.24) is 4.90 Å². The van der Waals surface area contributed by atoms with Crippen LogP contribution in [-0.2, 0) is 9.53 Å². The molecule has 0 aromatic rings. The zero-order chi connectivity index (χ0) is 14.8. The number of hydrogen-bond donors (Lipinski definition) is 0. The number of unbranched alkanes of at least 4 members (excludes halogenated alkanes) is 7. The molecule has 0 spiro atoms. The van der Waals surface area contributed by atoms with E-state index in [4.69, 9.17) is 4.74 Å². The second-order valence-electron chi connectivity index (χ2n) is 6.01. The van der Waals surface area contributed by atoms with Crippen LogP contribution in [0.1, 0.15) is 65.2 Å². The van der Waals surface area contributed by atoms with Crippen molar-refractivity contribution in [2.45, 2.75) is 71.3 Å². The van der Waals surface area contributed by atoms with Crippen LogP contribution in [0.3, 0.4) is 0 Å². The molecular weight excluding hydrogens is 254 g/mol. The molecule has 0 bridgehead atoms. The molecule has 1 rings (SSSR count). The number of aldehydes is 1. The smallest absolute Gasteiger partial charge is 0.410 e. The summed E-state index contributed by atoms with van der Waals surface area (Å²) in [5.74, 6) is 0.458. The van der Waals surface area contributed by atoms with E-state index in [9.17, 15) is 9.59 Å². The first-order chi connectivity index (χ1) is 9.66. The summed E-state index contributed by atoms with van der Waals surface area (Å²) >= 11 is 0. The monoisotopic (exact) mass is 283 g/mol. The Morgan fingerprint density at radius 2 is 1.75 bits per heavy atom. The van der Waals surface area contributed by atoms with Crippen LogP contribution in [0.4, 0.5) is 4.79 Å². The highest BCUT2D eigenvalue weighted by Crippen LogP contribution is 2.20. The van der Waals surface area contributed by atoms with Crippen molar-refractivity contribution < 1.29 is 14.3 Å². The van der Waals surface area contributed by atoms with Gasteiger partial charge >= 0.3 is 6.09 Å². The standard InChI is InChI=1S/C16H29NO3/c1-14(2)15-13-20-16(19)17(15)11-9-7-5-3-4-6-8-10-12-18/h12,14-15H,3-11,13H2,1-2H3. The summed E-state index contributed by atoms with van der Waals surface area (Å²) in [6.07, 6.45) is 9.65. The van der Waals surface area contributed by atoms with Gasteiger partial charge in [-0.25, -0.2) is 4.79 Å². The minimum absolute atomic E-state index is 0.141. The van der Waals surface area contributed by atoms with E-state index in [2.05, 4.69) is 13.8 Å². The summed E-state index contributed by atoms with van der Waals surface area (Å²) in [6, 6.07) is 0.255. The molecule has 1 unspecified atom stereocenters. The van der Waals surface area contributed by atoms with Gasteiger partial charge in [0.25, 0.3) is 0 Å². The molecule has 0 aromatic carbocycles. The zero-order valence-electron chi connectivity index (χ0n) is 13.0. The van der Waals surface area contributed by atoms with E-state index >= 15 is 0 Å². The normalized spacial score (nSPS) is 18.6. The summed E-state index contributed by atoms with van der Waals surface area (Å²) in [6.45, 7) is 5.65. The molecule has 1 atom stereocenters. The Labute approximate surface area is 122 Å². The van der Waals surface area contributed by atoms with Gasteiger partial charge in [-0.1, -0.05) is 46.0 Å². The minimum Gasteiger partial charge on any atom is -0.447 e. The van der Waals surface area contributed by atoms with Crippen molar-refractivity contribution >= 4 is 12.4 Å². The molecule has 0 radical (unpaired) electrons. The molecule has 0 aliphatic carbocycles. The molecule has 0 aromatic heterocycles. The number of carbonyl (C=O) groups excluding carboxylic acids is 2. The van der Waals surface area contributed by atoms with Crippen LogP contribution in [0.5, 0.6) is 0 Å². The van der Waals surface area contributed by atoms with Crippen LogP contribution < -0.4 is 0 Å². The highest BCUT2D eigenvalue weighted by atomic mass is 16.6. The van der Waals surface area contributed by atoms with Gasteiger partial charge in [-0.3, -0.25) is 0 Å². The molecule has 4 heteroatoms. The predicted molar refractivity (Wildman–Crippen MR) is 79.7 cm³/mol. The molecule has 1 saturated heterocycles. The van der Waals surface area contributed by atoms with Crippen LogP contribution in [0.2, 0.25) is 0 Å². The lowest BCUT2D eigenvalue weighted by molar-refractivity contribution is -0.107. The number of cyclic esters (lactones) is 1. The van der Waals surface area contributed by atoms with E-state index in [-0.39, 0.29) is 12.1 Å². The lowest BCUT2D eigenvalue weighted by atomic mass is 10.0. The molecule has 1 fully saturated rings. The molecule has 1 aliphatic rings. The Hall–Kier alpha value is -1.06. The van der Waals surface area contributed by atoms with Crippen LogP contribution in [-0.4, -0.2) is 36.5 Å². The third-order valence-corrected chi connectivity index (χ3v) is 4.00. The molecule has 1 aliphatic heterocycles. The number of nitrogens with zero attached hydrogens (tertiary/aromatic N) is 1. The van der Waals surface area contributed by atoms with Gasteiger partial charge in [0.15, 0.2) is 0 Å². The lowest BCUT2D eigenvalue weighted by Gasteiger charge is -2.24. The Balaban J connectivity index is 2.03. The van der Waals surface area contributed by atoms with Crippen LogP contribution >= 0.6 is 0 Å². The fourth-order valence-electron chi connectivity index (χ4n) is 2.67. The topological polar surface area (TPSA) is 46.6 Å². The number of ether oxygens (including phenoxy) is 1. The molecule has 116 valence electrons. The van der Waals surface area contributed by atoms with Crippen molar-refractivity contribution in [1.29, 1.82) is 0 Å². The lowest BCUT2D eigenvalue weighted by Crippen LogP contribution is -2.37. The van der Waals surface area contributed by atoms with E-state index in [1.807, 2.05) is 4.90 Å². The van der Waals surface area contributed by atoms with Crippen molar-refractivity contribution in [3.05, 3.63) is 0 Å². The number of hydrogen-bond acceptors (Lipinski definition) is 3. The molecular formula is C16H29NO3. The Bertz CT molecular complexity index is 291. The molecule has 0 saturated carbocycles.